The van der Waals surface area contributed by atoms with Gasteiger partial charge in [0.2, 0.25) is 0 Å². The fourth-order valence-electron chi connectivity index (χ4n) is 4.32. The van der Waals surface area contributed by atoms with Gasteiger partial charge in [0.25, 0.3) is 0 Å². The lowest BCUT2D eigenvalue weighted by Gasteiger charge is -2.05. The largest absolute Gasteiger partial charge is 0.337 e. The number of imidazole rings is 1. The fraction of sp³-hybridized carbons (Fsp3) is 0.0741. The second kappa shape index (κ2) is 7.17. The van der Waals surface area contributed by atoms with E-state index in [1.165, 1.54) is 11.1 Å². The monoisotopic (exact) mass is 415 g/mol. The lowest BCUT2D eigenvalue weighted by atomic mass is 10.0. The molecule has 0 aliphatic carbocycles. The van der Waals surface area contributed by atoms with Gasteiger partial charge in [-0.3, -0.25) is 10.1 Å². The van der Waals surface area contributed by atoms with E-state index in [0.717, 1.165) is 55.7 Å². The van der Waals surface area contributed by atoms with Crippen LogP contribution in [0.25, 0.3) is 55.7 Å². The number of aromatic nitrogens is 5. The van der Waals surface area contributed by atoms with E-state index in [1.54, 1.807) is 0 Å². The Labute approximate surface area is 185 Å². The van der Waals surface area contributed by atoms with Crippen LogP contribution in [-0.2, 0) is 0 Å². The SMILES string of the molecule is Cc1cccc(-c2cccc3[nH]c(-c4n[nH]c5ccc(-c6cnccc6C)cc45)nc23)c1. The number of aromatic amines is 2. The maximum atomic E-state index is 4.98. The van der Waals surface area contributed by atoms with Gasteiger partial charge >= 0.3 is 0 Å². The van der Waals surface area contributed by atoms with Gasteiger partial charge < -0.3 is 4.98 Å². The fourth-order valence-corrected chi connectivity index (χ4v) is 4.32. The van der Waals surface area contributed by atoms with Gasteiger partial charge in [-0.2, -0.15) is 5.10 Å². The number of nitrogens with one attached hydrogen (secondary N) is 2. The van der Waals surface area contributed by atoms with Crippen LogP contribution in [0.15, 0.2) is 79.1 Å². The molecule has 0 atom stereocenters. The molecular weight excluding hydrogens is 394 g/mol. The van der Waals surface area contributed by atoms with Gasteiger partial charge in [0, 0.05) is 28.9 Å². The minimum atomic E-state index is 0.756. The van der Waals surface area contributed by atoms with E-state index >= 15 is 0 Å². The van der Waals surface area contributed by atoms with Crippen molar-refractivity contribution in [1.29, 1.82) is 0 Å². The van der Waals surface area contributed by atoms with Crippen LogP contribution in [0.4, 0.5) is 0 Å². The summed E-state index contributed by atoms with van der Waals surface area (Å²) in [6, 6.07) is 23.1. The molecule has 0 bridgehead atoms. The number of hydrogen-bond donors (Lipinski definition) is 2. The zero-order valence-corrected chi connectivity index (χ0v) is 17.8. The molecule has 0 aliphatic heterocycles. The average molecular weight is 416 g/mol. The van der Waals surface area contributed by atoms with Gasteiger partial charge in [0.1, 0.15) is 5.69 Å². The highest BCUT2D eigenvalue weighted by atomic mass is 15.1. The van der Waals surface area contributed by atoms with Crippen molar-refractivity contribution in [2.75, 3.05) is 0 Å². The molecule has 0 saturated heterocycles. The first-order valence-corrected chi connectivity index (χ1v) is 10.6. The highest BCUT2D eigenvalue weighted by Gasteiger charge is 2.16. The van der Waals surface area contributed by atoms with E-state index in [2.05, 4.69) is 94.7 Å². The third-order valence-corrected chi connectivity index (χ3v) is 5.98. The highest BCUT2D eigenvalue weighted by molar-refractivity contribution is 5.98. The van der Waals surface area contributed by atoms with Crippen LogP contribution in [0.3, 0.4) is 0 Å². The summed E-state index contributed by atoms with van der Waals surface area (Å²) in [6.07, 6.45) is 3.73. The Bertz CT molecular complexity index is 1610. The van der Waals surface area contributed by atoms with Gasteiger partial charge in [-0.1, -0.05) is 48.0 Å². The van der Waals surface area contributed by atoms with Crippen LogP contribution < -0.4 is 0 Å². The number of para-hydroxylation sites is 1. The summed E-state index contributed by atoms with van der Waals surface area (Å²) in [4.78, 5) is 12.8. The lowest BCUT2D eigenvalue weighted by molar-refractivity contribution is 1.11. The van der Waals surface area contributed by atoms with E-state index in [-0.39, 0.29) is 0 Å². The van der Waals surface area contributed by atoms with E-state index < -0.39 is 0 Å². The van der Waals surface area contributed by atoms with Gasteiger partial charge in [-0.05, 0) is 54.8 Å². The van der Waals surface area contributed by atoms with Gasteiger partial charge in [0.15, 0.2) is 5.82 Å². The predicted octanol–water partition coefficient (Wildman–Crippen LogP) is 6.45. The number of aryl methyl sites for hydroxylation is 2. The standard InChI is InChI=1S/C27H21N5/c1-16-5-3-6-18(13-16)20-7-4-8-24-25(20)30-27(29-24)26-21-14-19(9-10-23(21)31-32-26)22-15-28-12-11-17(22)2/h3-15H,1-2H3,(H,29,30)(H,31,32). The molecule has 154 valence electrons. The summed E-state index contributed by atoms with van der Waals surface area (Å²) in [5, 5.41) is 8.78. The maximum absolute atomic E-state index is 4.98. The van der Waals surface area contributed by atoms with Crippen molar-refractivity contribution in [2.24, 2.45) is 0 Å². The van der Waals surface area contributed by atoms with Crippen LogP contribution in [0.5, 0.6) is 0 Å². The van der Waals surface area contributed by atoms with Crippen molar-refractivity contribution in [2.45, 2.75) is 13.8 Å². The van der Waals surface area contributed by atoms with Crippen LogP contribution in [0.1, 0.15) is 11.1 Å². The van der Waals surface area contributed by atoms with Gasteiger partial charge in [-0.15, -0.1) is 0 Å². The summed E-state index contributed by atoms with van der Waals surface area (Å²) in [5.41, 5.74) is 10.7. The third-order valence-electron chi connectivity index (χ3n) is 5.98. The van der Waals surface area contributed by atoms with Crippen LogP contribution in [0, 0.1) is 13.8 Å². The van der Waals surface area contributed by atoms with Gasteiger partial charge in [0.05, 0.1) is 16.6 Å². The average Bonchev–Trinajstić information content (AvgIpc) is 3.42. The number of benzene rings is 3. The van der Waals surface area contributed by atoms with Crippen LogP contribution in [0.2, 0.25) is 0 Å². The molecule has 0 radical (unpaired) electrons. The van der Waals surface area contributed by atoms with E-state index in [4.69, 9.17) is 4.98 Å². The summed E-state index contributed by atoms with van der Waals surface area (Å²) in [7, 11) is 0. The number of nitrogens with zero attached hydrogens (tertiary/aromatic N) is 3. The topological polar surface area (TPSA) is 70.2 Å². The molecule has 3 aromatic heterocycles. The first kappa shape index (κ1) is 18.5. The normalized spacial score (nSPS) is 11.4. The van der Waals surface area contributed by atoms with Crippen molar-refractivity contribution in [1.82, 2.24) is 25.1 Å². The third kappa shape index (κ3) is 2.98. The molecule has 0 unspecified atom stereocenters. The van der Waals surface area contributed by atoms with E-state index in [0.29, 0.717) is 0 Å². The number of hydrogen-bond acceptors (Lipinski definition) is 3. The molecule has 2 N–H and O–H groups in total. The number of fused-ring (bicyclic) bond motifs is 2. The Hall–Kier alpha value is -4.25. The number of pyridine rings is 1. The van der Waals surface area contributed by atoms with Crippen molar-refractivity contribution >= 4 is 21.9 Å². The summed E-state index contributed by atoms with van der Waals surface area (Å²) < 4.78 is 0. The molecule has 5 nitrogen and oxygen atoms in total. The Balaban J connectivity index is 1.52. The number of rotatable bonds is 3. The molecule has 6 aromatic rings. The Morgan fingerprint density at radius 3 is 2.53 bits per heavy atom. The lowest BCUT2D eigenvalue weighted by Crippen LogP contribution is -1.86. The van der Waals surface area contributed by atoms with Crippen molar-refractivity contribution in [3.63, 3.8) is 0 Å². The molecule has 3 aromatic carbocycles. The first-order chi connectivity index (χ1) is 15.7. The Kier molecular flexibility index (Phi) is 4.15. The molecule has 0 fully saturated rings. The second-order valence-corrected chi connectivity index (χ2v) is 8.18. The molecule has 32 heavy (non-hydrogen) atoms. The van der Waals surface area contributed by atoms with Crippen LogP contribution >= 0.6 is 0 Å². The summed E-state index contributed by atoms with van der Waals surface area (Å²) in [6.45, 7) is 4.21. The second-order valence-electron chi connectivity index (χ2n) is 8.18. The Morgan fingerprint density at radius 2 is 1.66 bits per heavy atom. The molecule has 0 saturated carbocycles. The zero-order valence-electron chi connectivity index (χ0n) is 17.8. The maximum Gasteiger partial charge on any atom is 0.159 e. The summed E-state index contributed by atoms with van der Waals surface area (Å²) >= 11 is 0. The van der Waals surface area contributed by atoms with Crippen LogP contribution in [-0.4, -0.2) is 25.1 Å². The minimum absolute atomic E-state index is 0.756. The first-order valence-electron chi connectivity index (χ1n) is 10.6. The van der Waals surface area contributed by atoms with Crippen molar-refractivity contribution in [3.8, 4) is 33.8 Å². The molecule has 5 heteroatoms. The quantitative estimate of drug-likeness (QED) is 0.349. The molecule has 0 aliphatic rings. The highest BCUT2D eigenvalue weighted by Crippen LogP contribution is 2.33. The van der Waals surface area contributed by atoms with E-state index in [1.807, 2.05) is 18.5 Å². The van der Waals surface area contributed by atoms with Crippen molar-refractivity contribution < 1.29 is 0 Å². The zero-order chi connectivity index (χ0) is 21.7. The van der Waals surface area contributed by atoms with E-state index in [9.17, 15) is 0 Å². The summed E-state index contributed by atoms with van der Waals surface area (Å²) in [5.74, 6) is 0.756. The molecule has 3 heterocycles. The van der Waals surface area contributed by atoms with Crippen molar-refractivity contribution in [3.05, 3.63) is 90.3 Å². The minimum Gasteiger partial charge on any atom is -0.337 e. The predicted molar refractivity (Wildman–Crippen MR) is 129 cm³/mol. The molecule has 0 spiro atoms. The smallest absolute Gasteiger partial charge is 0.159 e. The molecular formula is C27H21N5. The Morgan fingerprint density at radius 1 is 0.781 bits per heavy atom. The van der Waals surface area contributed by atoms with Gasteiger partial charge in [-0.25, -0.2) is 4.98 Å². The molecule has 6 rings (SSSR count). The molecule has 0 amide bonds. The number of H-pyrrole nitrogens is 2.